The average Bonchev–Trinajstić information content (AvgIpc) is 3.07. The highest BCUT2D eigenvalue weighted by Crippen LogP contribution is 2.30. The van der Waals surface area contributed by atoms with Crippen LogP contribution in [0.5, 0.6) is 0 Å². The molecule has 0 unspecified atom stereocenters. The number of sulfone groups is 1. The molecule has 1 aliphatic heterocycles. The predicted octanol–water partition coefficient (Wildman–Crippen LogP) is 2.25. The van der Waals surface area contributed by atoms with Crippen molar-refractivity contribution in [3.8, 4) is 0 Å². The number of hydrogen-bond acceptors (Lipinski definition) is 5. The Morgan fingerprint density at radius 2 is 2.14 bits per heavy atom. The lowest BCUT2D eigenvalue weighted by Gasteiger charge is -2.25. The van der Waals surface area contributed by atoms with Crippen LogP contribution in [0.1, 0.15) is 24.4 Å². The van der Waals surface area contributed by atoms with Gasteiger partial charge >= 0.3 is 0 Å². The Hall–Kier alpha value is -1.47. The second-order valence-corrected chi connectivity index (χ2v) is 9.04. The lowest BCUT2D eigenvalue weighted by Crippen LogP contribution is -2.35. The molecular formula is C15H18N2O3S2. The van der Waals surface area contributed by atoms with Crippen LogP contribution in [-0.2, 0) is 14.6 Å². The third kappa shape index (κ3) is 2.87. The second-order valence-electron chi connectivity index (χ2n) is 5.74. The van der Waals surface area contributed by atoms with E-state index in [9.17, 15) is 13.2 Å². The summed E-state index contributed by atoms with van der Waals surface area (Å²) in [5.41, 5.74) is 0.929. The van der Waals surface area contributed by atoms with E-state index in [1.807, 2.05) is 31.2 Å². The maximum absolute atomic E-state index is 12.5. The van der Waals surface area contributed by atoms with Gasteiger partial charge in [0.25, 0.3) is 0 Å². The summed E-state index contributed by atoms with van der Waals surface area (Å²) >= 11 is 1.57. The van der Waals surface area contributed by atoms with Crippen LogP contribution in [-0.4, -0.2) is 42.8 Å². The van der Waals surface area contributed by atoms with Crippen LogP contribution in [0.3, 0.4) is 0 Å². The Morgan fingerprint density at radius 3 is 2.77 bits per heavy atom. The summed E-state index contributed by atoms with van der Waals surface area (Å²) in [6, 6.07) is 7.71. The van der Waals surface area contributed by atoms with Crippen molar-refractivity contribution < 1.29 is 13.2 Å². The Kier molecular flexibility index (Phi) is 3.94. The van der Waals surface area contributed by atoms with Gasteiger partial charge in [0.2, 0.25) is 5.91 Å². The summed E-state index contributed by atoms with van der Waals surface area (Å²) in [5.74, 6) is -0.421. The number of benzene rings is 1. The highest BCUT2D eigenvalue weighted by molar-refractivity contribution is 7.91. The van der Waals surface area contributed by atoms with E-state index in [4.69, 9.17) is 0 Å². The number of rotatable bonds is 3. The van der Waals surface area contributed by atoms with Gasteiger partial charge in [-0.05, 0) is 25.5 Å². The minimum absolute atomic E-state index is 0.0251. The number of carbonyl (C=O) groups is 1. The summed E-state index contributed by atoms with van der Waals surface area (Å²) < 4.78 is 24.2. The van der Waals surface area contributed by atoms with Gasteiger partial charge in [-0.25, -0.2) is 13.4 Å². The van der Waals surface area contributed by atoms with Crippen LogP contribution in [0.25, 0.3) is 10.2 Å². The van der Waals surface area contributed by atoms with E-state index >= 15 is 0 Å². The average molecular weight is 338 g/mol. The van der Waals surface area contributed by atoms with Crippen LogP contribution in [0.15, 0.2) is 24.3 Å². The van der Waals surface area contributed by atoms with Crippen LogP contribution < -0.4 is 0 Å². The quantitative estimate of drug-likeness (QED) is 0.861. The molecule has 0 radical (unpaired) electrons. The van der Waals surface area contributed by atoms with Gasteiger partial charge in [0, 0.05) is 7.05 Å². The fourth-order valence-corrected chi connectivity index (χ4v) is 5.50. The lowest BCUT2D eigenvalue weighted by molar-refractivity contribution is -0.135. The van der Waals surface area contributed by atoms with E-state index in [1.54, 1.807) is 23.3 Å². The van der Waals surface area contributed by atoms with Crippen LogP contribution >= 0.6 is 11.3 Å². The lowest BCUT2D eigenvalue weighted by atomic mass is 10.1. The van der Waals surface area contributed by atoms with Gasteiger partial charge in [-0.1, -0.05) is 12.1 Å². The molecule has 1 fully saturated rings. The molecule has 0 saturated carbocycles. The Morgan fingerprint density at radius 1 is 1.41 bits per heavy atom. The van der Waals surface area contributed by atoms with Crippen molar-refractivity contribution in [3.05, 3.63) is 29.3 Å². The normalized spacial score (nSPS) is 21.8. The fourth-order valence-electron chi connectivity index (χ4n) is 2.70. The van der Waals surface area contributed by atoms with Gasteiger partial charge in [0.1, 0.15) is 5.01 Å². The third-order valence-corrected chi connectivity index (χ3v) is 7.15. The van der Waals surface area contributed by atoms with Gasteiger partial charge in [0.15, 0.2) is 9.84 Å². The SMILES string of the molecule is C[C@@H](c1nc2ccccc2s1)N(C)C(=O)[C@@H]1CCS(=O)(=O)C1. The van der Waals surface area contributed by atoms with Crippen molar-refractivity contribution in [2.75, 3.05) is 18.6 Å². The molecule has 2 aromatic rings. The van der Waals surface area contributed by atoms with Crippen LogP contribution in [0.4, 0.5) is 0 Å². The first kappa shape index (κ1) is 15.4. The zero-order chi connectivity index (χ0) is 15.9. The molecule has 2 heterocycles. The van der Waals surface area contributed by atoms with Crippen molar-refractivity contribution in [3.63, 3.8) is 0 Å². The molecular weight excluding hydrogens is 320 g/mol. The molecule has 1 aliphatic rings. The highest BCUT2D eigenvalue weighted by Gasteiger charge is 2.36. The van der Waals surface area contributed by atoms with Crippen molar-refractivity contribution in [1.82, 2.24) is 9.88 Å². The smallest absolute Gasteiger partial charge is 0.227 e. The van der Waals surface area contributed by atoms with E-state index in [1.165, 1.54) is 0 Å². The standard InChI is InChI=1S/C15H18N2O3S2/c1-10(14-16-12-5-3-4-6-13(12)21-14)17(2)15(18)11-7-8-22(19,20)9-11/h3-6,10-11H,7-9H2,1-2H3/t10-,11+/m0/s1. The molecule has 118 valence electrons. The number of carbonyl (C=O) groups excluding carboxylic acids is 1. The number of aromatic nitrogens is 1. The first-order valence-electron chi connectivity index (χ1n) is 7.20. The van der Waals surface area contributed by atoms with Crippen LogP contribution in [0, 0.1) is 5.92 Å². The molecule has 3 rings (SSSR count). The van der Waals surface area contributed by atoms with Crippen LogP contribution in [0.2, 0.25) is 0 Å². The summed E-state index contributed by atoms with van der Waals surface area (Å²) in [5, 5.41) is 0.873. The summed E-state index contributed by atoms with van der Waals surface area (Å²) in [7, 11) is -1.32. The zero-order valence-electron chi connectivity index (χ0n) is 12.5. The third-order valence-electron chi connectivity index (χ3n) is 4.18. The van der Waals surface area contributed by atoms with E-state index < -0.39 is 15.8 Å². The van der Waals surface area contributed by atoms with E-state index in [-0.39, 0.29) is 23.5 Å². The molecule has 5 nitrogen and oxygen atoms in total. The predicted molar refractivity (Wildman–Crippen MR) is 87.6 cm³/mol. The summed E-state index contributed by atoms with van der Waals surface area (Å²) in [6.07, 6.45) is 0.429. The van der Waals surface area contributed by atoms with Gasteiger partial charge in [-0.3, -0.25) is 4.79 Å². The van der Waals surface area contributed by atoms with E-state index in [2.05, 4.69) is 4.98 Å². The molecule has 22 heavy (non-hydrogen) atoms. The Balaban J connectivity index is 1.79. The first-order chi connectivity index (χ1) is 10.4. The number of para-hydroxylation sites is 1. The number of thiazole rings is 1. The number of fused-ring (bicyclic) bond motifs is 1. The molecule has 1 aromatic heterocycles. The maximum atomic E-state index is 12.5. The Labute approximate surface area is 133 Å². The first-order valence-corrected chi connectivity index (χ1v) is 9.84. The molecule has 2 atom stereocenters. The van der Waals surface area contributed by atoms with Crippen molar-refractivity contribution >= 4 is 37.3 Å². The molecule has 0 bridgehead atoms. The minimum atomic E-state index is -3.05. The largest absolute Gasteiger partial charge is 0.336 e. The molecule has 1 amide bonds. The van der Waals surface area contributed by atoms with E-state index in [0.29, 0.717) is 6.42 Å². The number of amides is 1. The summed E-state index contributed by atoms with van der Waals surface area (Å²) in [6.45, 7) is 1.93. The monoisotopic (exact) mass is 338 g/mol. The maximum Gasteiger partial charge on any atom is 0.227 e. The molecule has 1 aromatic carbocycles. The number of hydrogen-bond donors (Lipinski definition) is 0. The van der Waals surface area contributed by atoms with Crippen molar-refractivity contribution in [2.24, 2.45) is 5.92 Å². The summed E-state index contributed by atoms with van der Waals surface area (Å²) in [4.78, 5) is 18.7. The molecule has 1 saturated heterocycles. The highest BCUT2D eigenvalue weighted by atomic mass is 32.2. The van der Waals surface area contributed by atoms with Crippen molar-refractivity contribution in [1.29, 1.82) is 0 Å². The minimum Gasteiger partial charge on any atom is -0.336 e. The van der Waals surface area contributed by atoms with Gasteiger partial charge in [-0.15, -0.1) is 11.3 Å². The molecule has 0 spiro atoms. The number of nitrogens with zero attached hydrogens (tertiary/aromatic N) is 2. The van der Waals surface area contributed by atoms with Gasteiger partial charge in [0.05, 0.1) is 33.7 Å². The molecule has 0 aliphatic carbocycles. The Bertz CT molecular complexity index is 780. The topological polar surface area (TPSA) is 67.3 Å². The second kappa shape index (κ2) is 5.62. The fraction of sp³-hybridized carbons (Fsp3) is 0.467. The molecule has 7 heteroatoms. The molecule has 0 N–H and O–H groups in total. The zero-order valence-corrected chi connectivity index (χ0v) is 14.2. The van der Waals surface area contributed by atoms with Gasteiger partial charge < -0.3 is 4.90 Å². The van der Waals surface area contributed by atoms with Gasteiger partial charge in [-0.2, -0.15) is 0 Å². The van der Waals surface area contributed by atoms with Crippen molar-refractivity contribution in [2.45, 2.75) is 19.4 Å². The van der Waals surface area contributed by atoms with E-state index in [0.717, 1.165) is 15.2 Å².